The SMILES string of the molecule is CC(C)N(CCC(=O)Nc1sc2c(c1-c1nc3cc(C(=O)Nc4ccccc4)ccc3s1)CCN(C(=O)O)C2)C(=O)OC(C)(C)C. The van der Waals surface area contributed by atoms with Crippen molar-refractivity contribution in [1.29, 1.82) is 0 Å². The fourth-order valence-electron chi connectivity index (χ4n) is 5.07. The van der Waals surface area contributed by atoms with Crippen LogP contribution in [0.3, 0.4) is 0 Å². The van der Waals surface area contributed by atoms with Crippen molar-refractivity contribution in [2.75, 3.05) is 23.7 Å². The van der Waals surface area contributed by atoms with Gasteiger partial charge in [0.05, 0.1) is 16.8 Å². The lowest BCUT2D eigenvalue weighted by atomic mass is 10.0. The summed E-state index contributed by atoms with van der Waals surface area (Å²) in [5, 5.41) is 16.8. The van der Waals surface area contributed by atoms with Crippen LogP contribution in [0.25, 0.3) is 20.8 Å². The Kier molecular flexibility index (Phi) is 9.63. The molecule has 2 aromatic heterocycles. The van der Waals surface area contributed by atoms with Crippen LogP contribution in [-0.2, 0) is 22.5 Å². The predicted molar refractivity (Wildman–Crippen MR) is 181 cm³/mol. The number of carbonyl (C=O) groups excluding carboxylic acids is 3. The van der Waals surface area contributed by atoms with E-state index in [0.29, 0.717) is 39.7 Å². The highest BCUT2D eigenvalue weighted by Crippen LogP contribution is 2.46. The molecule has 0 bridgehead atoms. The third kappa shape index (κ3) is 7.65. The van der Waals surface area contributed by atoms with Crippen molar-refractivity contribution in [3.05, 3.63) is 64.5 Å². The molecule has 1 aliphatic heterocycles. The Labute approximate surface area is 275 Å². The summed E-state index contributed by atoms with van der Waals surface area (Å²) < 4.78 is 6.40. The number of hydrogen-bond acceptors (Lipinski definition) is 8. The first kappa shape index (κ1) is 32.9. The molecule has 4 aromatic rings. The van der Waals surface area contributed by atoms with E-state index in [2.05, 4.69) is 10.6 Å². The van der Waals surface area contributed by atoms with E-state index >= 15 is 0 Å². The van der Waals surface area contributed by atoms with Gasteiger partial charge in [-0.2, -0.15) is 0 Å². The van der Waals surface area contributed by atoms with Crippen molar-refractivity contribution < 1.29 is 29.0 Å². The highest BCUT2D eigenvalue weighted by atomic mass is 32.1. The monoisotopic (exact) mass is 663 g/mol. The number of rotatable bonds is 8. The van der Waals surface area contributed by atoms with Crippen LogP contribution in [-0.4, -0.2) is 68.6 Å². The normalized spacial score (nSPS) is 13.0. The maximum Gasteiger partial charge on any atom is 0.410 e. The Morgan fingerprint density at radius 2 is 1.80 bits per heavy atom. The zero-order chi connectivity index (χ0) is 33.2. The highest BCUT2D eigenvalue weighted by molar-refractivity contribution is 7.23. The molecule has 5 rings (SSSR count). The van der Waals surface area contributed by atoms with E-state index < -0.39 is 17.8 Å². The Balaban J connectivity index is 1.41. The summed E-state index contributed by atoms with van der Waals surface area (Å²) >= 11 is 2.79. The number of amides is 4. The molecule has 0 saturated carbocycles. The van der Waals surface area contributed by atoms with E-state index in [-0.39, 0.29) is 37.4 Å². The van der Waals surface area contributed by atoms with Crippen molar-refractivity contribution in [3.8, 4) is 10.6 Å². The average Bonchev–Trinajstić information content (AvgIpc) is 3.56. The van der Waals surface area contributed by atoms with Crippen LogP contribution in [0, 0.1) is 0 Å². The van der Waals surface area contributed by atoms with Gasteiger partial charge in [-0.05, 0) is 76.9 Å². The summed E-state index contributed by atoms with van der Waals surface area (Å²) in [4.78, 5) is 59.4. The molecule has 0 spiro atoms. The molecule has 13 heteroatoms. The van der Waals surface area contributed by atoms with E-state index in [0.717, 1.165) is 20.7 Å². The number of nitrogens with zero attached hydrogens (tertiary/aromatic N) is 3. The molecule has 46 heavy (non-hydrogen) atoms. The number of benzene rings is 2. The molecule has 0 aliphatic carbocycles. The maximum absolute atomic E-state index is 13.3. The van der Waals surface area contributed by atoms with Crippen LogP contribution in [0.1, 0.15) is 61.8 Å². The third-order valence-electron chi connectivity index (χ3n) is 7.31. The topological polar surface area (TPSA) is 141 Å². The Morgan fingerprint density at radius 3 is 2.48 bits per heavy atom. The van der Waals surface area contributed by atoms with Gasteiger partial charge >= 0.3 is 12.2 Å². The van der Waals surface area contributed by atoms with Crippen LogP contribution in [0.4, 0.5) is 20.3 Å². The van der Waals surface area contributed by atoms with Gasteiger partial charge in [-0.25, -0.2) is 14.6 Å². The van der Waals surface area contributed by atoms with Gasteiger partial charge in [0.2, 0.25) is 5.91 Å². The van der Waals surface area contributed by atoms with E-state index in [1.807, 2.05) is 50.2 Å². The number of fused-ring (bicyclic) bond motifs is 2. The summed E-state index contributed by atoms with van der Waals surface area (Å²) in [7, 11) is 0. The molecule has 0 radical (unpaired) electrons. The van der Waals surface area contributed by atoms with Crippen LogP contribution < -0.4 is 10.6 Å². The van der Waals surface area contributed by atoms with Gasteiger partial charge < -0.3 is 30.3 Å². The van der Waals surface area contributed by atoms with Crippen molar-refractivity contribution in [1.82, 2.24) is 14.8 Å². The number of carboxylic acid groups (broad SMARTS) is 1. The molecule has 0 fully saturated rings. The zero-order valence-corrected chi connectivity index (χ0v) is 28.0. The second-order valence-corrected chi connectivity index (χ2v) is 14.4. The Morgan fingerprint density at radius 1 is 1.07 bits per heavy atom. The first-order valence-electron chi connectivity index (χ1n) is 15.0. The number of thiophene rings is 1. The molecule has 0 atom stereocenters. The number of carbonyl (C=O) groups is 4. The van der Waals surface area contributed by atoms with Gasteiger partial charge in [-0.3, -0.25) is 9.59 Å². The predicted octanol–water partition coefficient (Wildman–Crippen LogP) is 7.29. The average molecular weight is 664 g/mol. The van der Waals surface area contributed by atoms with Gasteiger partial charge in [-0.1, -0.05) is 18.2 Å². The molecule has 3 N–H and O–H groups in total. The summed E-state index contributed by atoms with van der Waals surface area (Å²) in [6.07, 6.45) is -0.962. The minimum absolute atomic E-state index is 0.0421. The third-order valence-corrected chi connectivity index (χ3v) is 9.49. The lowest BCUT2D eigenvalue weighted by molar-refractivity contribution is -0.116. The molecule has 2 aromatic carbocycles. The van der Waals surface area contributed by atoms with Crippen LogP contribution in [0.2, 0.25) is 0 Å². The summed E-state index contributed by atoms with van der Waals surface area (Å²) in [5.41, 5.74) is 2.86. The number of aromatic nitrogens is 1. The molecule has 3 heterocycles. The number of para-hydroxylation sites is 1. The van der Waals surface area contributed by atoms with Crippen LogP contribution in [0.15, 0.2) is 48.5 Å². The number of thiazole rings is 1. The fourth-order valence-corrected chi connectivity index (χ4v) is 7.44. The van der Waals surface area contributed by atoms with Gasteiger partial charge in [0.25, 0.3) is 5.91 Å². The van der Waals surface area contributed by atoms with Crippen molar-refractivity contribution in [2.24, 2.45) is 0 Å². The summed E-state index contributed by atoms with van der Waals surface area (Å²) in [5.74, 6) is -0.538. The van der Waals surface area contributed by atoms with Crippen molar-refractivity contribution in [3.63, 3.8) is 0 Å². The van der Waals surface area contributed by atoms with Gasteiger partial charge in [0, 0.05) is 47.2 Å². The lowest BCUT2D eigenvalue weighted by Crippen LogP contribution is -2.42. The molecule has 0 saturated heterocycles. The zero-order valence-electron chi connectivity index (χ0n) is 26.4. The summed E-state index contributed by atoms with van der Waals surface area (Å²) in [6, 6.07) is 14.4. The van der Waals surface area contributed by atoms with Crippen LogP contribution in [0.5, 0.6) is 0 Å². The number of hydrogen-bond donors (Lipinski definition) is 3. The molecule has 1 aliphatic rings. The Hall–Kier alpha value is -4.49. The molecular weight excluding hydrogens is 627 g/mol. The van der Waals surface area contributed by atoms with Crippen molar-refractivity contribution >= 4 is 67.6 Å². The molecular formula is C33H37N5O6S2. The minimum Gasteiger partial charge on any atom is -0.465 e. The van der Waals surface area contributed by atoms with E-state index in [1.165, 1.54) is 32.5 Å². The van der Waals surface area contributed by atoms with Gasteiger partial charge in [0.15, 0.2) is 0 Å². The Bertz CT molecular complexity index is 1780. The summed E-state index contributed by atoms with van der Waals surface area (Å²) in [6.45, 7) is 9.83. The van der Waals surface area contributed by atoms with E-state index in [9.17, 15) is 24.3 Å². The highest BCUT2D eigenvalue weighted by Gasteiger charge is 2.30. The molecule has 4 amide bonds. The maximum atomic E-state index is 13.3. The molecule has 0 unspecified atom stereocenters. The van der Waals surface area contributed by atoms with Crippen LogP contribution >= 0.6 is 22.7 Å². The second kappa shape index (κ2) is 13.5. The number of ether oxygens (including phenoxy) is 1. The molecule has 11 nitrogen and oxygen atoms in total. The number of anilines is 2. The first-order chi connectivity index (χ1) is 21.8. The minimum atomic E-state index is -0.997. The largest absolute Gasteiger partial charge is 0.465 e. The smallest absolute Gasteiger partial charge is 0.410 e. The van der Waals surface area contributed by atoms with Crippen molar-refractivity contribution in [2.45, 2.75) is 65.6 Å². The lowest BCUT2D eigenvalue weighted by Gasteiger charge is -2.29. The van der Waals surface area contributed by atoms with Gasteiger partial charge in [-0.15, -0.1) is 22.7 Å². The number of nitrogens with one attached hydrogen (secondary N) is 2. The fraction of sp³-hybridized carbons (Fsp3) is 0.364. The first-order valence-corrected chi connectivity index (χ1v) is 16.6. The molecule has 242 valence electrons. The van der Waals surface area contributed by atoms with E-state index in [4.69, 9.17) is 9.72 Å². The quantitative estimate of drug-likeness (QED) is 0.180. The second-order valence-electron chi connectivity index (χ2n) is 12.2. The van der Waals surface area contributed by atoms with E-state index in [1.54, 1.807) is 32.9 Å². The van der Waals surface area contributed by atoms with Gasteiger partial charge in [0.1, 0.15) is 15.6 Å². The standard InChI is InChI=1S/C33H37N5O6S2/c1-19(2)38(32(43)44-33(3,4)5)16-14-26(39)36-30-27(22-13-15-37(31(41)42)18-25(22)46-30)29-35-23-17-20(11-12-24(23)45-29)28(40)34-21-9-7-6-8-10-21/h6-12,17,19H,13-16,18H2,1-5H3,(H,34,40)(H,36,39)(H,41,42).